The molecule has 3 rings (SSSR count). The minimum Gasteiger partial charge on any atom is -0.372 e. The van der Waals surface area contributed by atoms with Gasteiger partial charge in [-0.2, -0.15) is 10.2 Å². The van der Waals surface area contributed by atoms with Crippen molar-refractivity contribution in [2.24, 2.45) is 13.0 Å². The third-order valence-electron chi connectivity index (χ3n) is 4.02. The van der Waals surface area contributed by atoms with Crippen LogP contribution in [-0.2, 0) is 23.1 Å². The number of rotatable bonds is 5. The Morgan fingerprint density at radius 3 is 3.09 bits per heavy atom. The number of ether oxygens (including phenoxy) is 1. The average molecular weight is 303 g/mol. The molecule has 2 aromatic heterocycles. The lowest BCUT2D eigenvalue weighted by molar-refractivity contribution is -0.122. The summed E-state index contributed by atoms with van der Waals surface area (Å²) >= 11 is 0. The van der Waals surface area contributed by atoms with Crippen LogP contribution in [0.4, 0.5) is 0 Å². The highest BCUT2D eigenvalue weighted by atomic mass is 16.5. The zero-order valence-corrected chi connectivity index (χ0v) is 12.7. The number of nitrogens with one attached hydrogen (secondary N) is 1. The first-order chi connectivity index (χ1) is 10.7. The summed E-state index contributed by atoms with van der Waals surface area (Å²) in [5.41, 5.74) is 1.06. The largest absolute Gasteiger partial charge is 0.372 e. The molecule has 7 nitrogen and oxygen atoms in total. The first kappa shape index (κ1) is 14.8. The maximum absolute atomic E-state index is 12.0. The molecule has 1 amide bonds. The van der Waals surface area contributed by atoms with Gasteiger partial charge in [0.05, 0.1) is 5.69 Å². The Morgan fingerprint density at radius 1 is 1.45 bits per heavy atom. The first-order valence-corrected chi connectivity index (χ1v) is 7.57. The summed E-state index contributed by atoms with van der Waals surface area (Å²) < 4.78 is 9.38. The second-order valence-corrected chi connectivity index (χ2v) is 5.58. The number of aromatic nitrogens is 4. The molecule has 0 aromatic carbocycles. The van der Waals surface area contributed by atoms with Crippen molar-refractivity contribution < 1.29 is 9.53 Å². The maximum Gasteiger partial charge on any atom is 0.241 e. The highest BCUT2D eigenvalue weighted by Crippen LogP contribution is 2.32. The SMILES string of the molecule is Cn1nccc1[C@@H]1OCCC[C@H]1CNC(=O)Cn1cccn1. The zero-order chi connectivity index (χ0) is 15.4. The molecule has 0 saturated carbocycles. The topological polar surface area (TPSA) is 74.0 Å². The van der Waals surface area contributed by atoms with E-state index in [1.54, 1.807) is 29.3 Å². The molecular weight excluding hydrogens is 282 g/mol. The van der Waals surface area contributed by atoms with E-state index in [4.69, 9.17) is 4.74 Å². The number of amides is 1. The van der Waals surface area contributed by atoms with Crippen molar-refractivity contribution in [3.8, 4) is 0 Å². The molecule has 1 aliphatic heterocycles. The first-order valence-electron chi connectivity index (χ1n) is 7.57. The van der Waals surface area contributed by atoms with Gasteiger partial charge in [0.1, 0.15) is 12.6 Å². The lowest BCUT2D eigenvalue weighted by atomic mass is 9.92. The summed E-state index contributed by atoms with van der Waals surface area (Å²) in [7, 11) is 1.92. The molecular formula is C15H21N5O2. The van der Waals surface area contributed by atoms with E-state index >= 15 is 0 Å². The molecule has 22 heavy (non-hydrogen) atoms. The fourth-order valence-corrected chi connectivity index (χ4v) is 2.88. The lowest BCUT2D eigenvalue weighted by Gasteiger charge is -2.31. The van der Waals surface area contributed by atoms with Crippen molar-refractivity contribution in [3.05, 3.63) is 36.4 Å². The predicted molar refractivity (Wildman–Crippen MR) is 79.9 cm³/mol. The molecule has 1 fully saturated rings. The summed E-state index contributed by atoms with van der Waals surface area (Å²) in [5, 5.41) is 11.2. The summed E-state index contributed by atoms with van der Waals surface area (Å²) in [4.78, 5) is 12.0. The van der Waals surface area contributed by atoms with Crippen LogP contribution < -0.4 is 5.32 Å². The normalized spacial score (nSPS) is 21.7. The van der Waals surface area contributed by atoms with E-state index in [2.05, 4.69) is 15.5 Å². The van der Waals surface area contributed by atoms with E-state index in [1.807, 2.05) is 17.8 Å². The zero-order valence-electron chi connectivity index (χ0n) is 12.7. The van der Waals surface area contributed by atoms with Crippen LogP contribution in [0.15, 0.2) is 30.7 Å². The van der Waals surface area contributed by atoms with Gasteiger partial charge in [-0.25, -0.2) is 0 Å². The Labute approximate surface area is 129 Å². The van der Waals surface area contributed by atoms with Crippen LogP contribution in [0.1, 0.15) is 24.6 Å². The predicted octanol–water partition coefficient (Wildman–Crippen LogP) is 0.901. The number of carbonyl (C=O) groups is 1. The average Bonchev–Trinajstić information content (AvgIpc) is 3.17. The van der Waals surface area contributed by atoms with Gasteiger partial charge in [-0.15, -0.1) is 0 Å². The minimum absolute atomic E-state index is 0.00810. The minimum atomic E-state index is -0.0296. The van der Waals surface area contributed by atoms with Gasteiger partial charge in [-0.1, -0.05) is 0 Å². The lowest BCUT2D eigenvalue weighted by Crippen LogP contribution is -2.37. The Hall–Kier alpha value is -2.15. The van der Waals surface area contributed by atoms with Crippen LogP contribution in [0.3, 0.4) is 0 Å². The highest BCUT2D eigenvalue weighted by molar-refractivity contribution is 5.75. The van der Waals surface area contributed by atoms with Crippen molar-refractivity contribution in [1.29, 1.82) is 0 Å². The van der Waals surface area contributed by atoms with Crippen molar-refractivity contribution in [2.75, 3.05) is 13.2 Å². The highest BCUT2D eigenvalue weighted by Gasteiger charge is 2.29. The molecule has 7 heteroatoms. The second kappa shape index (κ2) is 6.74. The third-order valence-corrected chi connectivity index (χ3v) is 4.02. The maximum atomic E-state index is 12.0. The molecule has 0 unspecified atom stereocenters. The fourth-order valence-electron chi connectivity index (χ4n) is 2.88. The van der Waals surface area contributed by atoms with E-state index in [-0.39, 0.29) is 24.5 Å². The van der Waals surface area contributed by atoms with Gasteiger partial charge in [0.15, 0.2) is 0 Å². The van der Waals surface area contributed by atoms with Gasteiger partial charge in [-0.3, -0.25) is 14.2 Å². The molecule has 2 atom stereocenters. The van der Waals surface area contributed by atoms with Crippen molar-refractivity contribution in [2.45, 2.75) is 25.5 Å². The Morgan fingerprint density at radius 2 is 2.36 bits per heavy atom. The van der Waals surface area contributed by atoms with Crippen LogP contribution >= 0.6 is 0 Å². The van der Waals surface area contributed by atoms with E-state index in [0.717, 1.165) is 25.1 Å². The van der Waals surface area contributed by atoms with Gasteiger partial charge in [0, 0.05) is 44.7 Å². The van der Waals surface area contributed by atoms with Crippen molar-refractivity contribution in [3.63, 3.8) is 0 Å². The Balaban J connectivity index is 1.57. The number of aryl methyl sites for hydroxylation is 1. The Bertz CT molecular complexity index is 607. The van der Waals surface area contributed by atoms with Crippen LogP contribution in [-0.4, -0.2) is 38.6 Å². The van der Waals surface area contributed by atoms with E-state index in [9.17, 15) is 4.79 Å². The molecule has 1 aliphatic rings. The molecule has 0 spiro atoms. The van der Waals surface area contributed by atoms with E-state index < -0.39 is 0 Å². The molecule has 3 heterocycles. The molecule has 2 aromatic rings. The number of hydrogen-bond donors (Lipinski definition) is 1. The van der Waals surface area contributed by atoms with Crippen LogP contribution in [0.2, 0.25) is 0 Å². The van der Waals surface area contributed by atoms with Crippen molar-refractivity contribution >= 4 is 5.91 Å². The molecule has 1 saturated heterocycles. The smallest absolute Gasteiger partial charge is 0.241 e. The summed E-state index contributed by atoms with van der Waals surface area (Å²) in [6, 6.07) is 3.79. The molecule has 0 radical (unpaired) electrons. The van der Waals surface area contributed by atoms with E-state index in [0.29, 0.717) is 6.54 Å². The van der Waals surface area contributed by atoms with E-state index in [1.165, 1.54) is 0 Å². The number of nitrogens with zero attached hydrogens (tertiary/aromatic N) is 4. The quantitative estimate of drug-likeness (QED) is 0.890. The fraction of sp³-hybridized carbons (Fsp3) is 0.533. The van der Waals surface area contributed by atoms with Crippen LogP contribution in [0, 0.1) is 5.92 Å². The molecule has 0 bridgehead atoms. The number of carbonyl (C=O) groups excluding carboxylic acids is 1. The van der Waals surface area contributed by atoms with Crippen LogP contribution in [0.25, 0.3) is 0 Å². The Kier molecular flexibility index (Phi) is 4.53. The van der Waals surface area contributed by atoms with Gasteiger partial charge < -0.3 is 10.1 Å². The monoisotopic (exact) mass is 303 g/mol. The van der Waals surface area contributed by atoms with Gasteiger partial charge >= 0.3 is 0 Å². The molecule has 1 N–H and O–H groups in total. The standard InChI is InChI=1S/C15H21N5O2/c1-19-13(5-7-17-19)15-12(4-2-9-22-15)10-16-14(21)11-20-8-3-6-18-20/h3,5-8,12,15H,2,4,9-11H2,1H3,(H,16,21)/t12-,15+/m0/s1. The van der Waals surface area contributed by atoms with Gasteiger partial charge in [-0.05, 0) is 25.0 Å². The van der Waals surface area contributed by atoms with Crippen LogP contribution in [0.5, 0.6) is 0 Å². The summed E-state index contributed by atoms with van der Waals surface area (Å²) in [6.07, 6.45) is 7.28. The second-order valence-electron chi connectivity index (χ2n) is 5.58. The molecule has 118 valence electrons. The van der Waals surface area contributed by atoms with Crippen molar-refractivity contribution in [1.82, 2.24) is 24.9 Å². The molecule has 0 aliphatic carbocycles. The number of hydrogen-bond acceptors (Lipinski definition) is 4. The van der Waals surface area contributed by atoms with Gasteiger partial charge in [0.25, 0.3) is 0 Å². The summed E-state index contributed by atoms with van der Waals surface area (Å²) in [6.45, 7) is 1.61. The summed E-state index contributed by atoms with van der Waals surface area (Å²) in [5.74, 6) is 0.240. The third kappa shape index (κ3) is 3.36. The van der Waals surface area contributed by atoms with Gasteiger partial charge in [0.2, 0.25) is 5.91 Å².